The number of rotatable bonds is 9. The summed E-state index contributed by atoms with van der Waals surface area (Å²) in [5.74, 6) is -0.0236. The molecule has 0 amide bonds. The van der Waals surface area contributed by atoms with Crippen molar-refractivity contribution in [2.75, 3.05) is 20.8 Å². The van der Waals surface area contributed by atoms with Crippen LogP contribution in [0.25, 0.3) is 0 Å². The minimum absolute atomic E-state index is 0.252. The van der Waals surface area contributed by atoms with Gasteiger partial charge in [-0.2, -0.15) is 0 Å². The van der Waals surface area contributed by atoms with Gasteiger partial charge in [-0.3, -0.25) is 0 Å². The third-order valence-electron chi connectivity index (χ3n) is 3.53. The van der Waals surface area contributed by atoms with Gasteiger partial charge in [-0.25, -0.2) is 9.79 Å². The summed E-state index contributed by atoms with van der Waals surface area (Å²) < 4.78 is 10.6. The molecule has 27 heavy (non-hydrogen) atoms. The molecule has 1 aromatic rings. The van der Waals surface area contributed by atoms with E-state index in [1.165, 1.54) is 7.11 Å². The minimum Gasteiger partial charge on any atom is -0.494 e. The highest BCUT2D eigenvalue weighted by atomic mass is 35.5. The number of allylic oxidation sites excluding steroid dienone is 2. The second-order valence-corrected chi connectivity index (χ2v) is 5.88. The summed E-state index contributed by atoms with van der Waals surface area (Å²) in [6.45, 7) is 5.58. The number of hydrogen-bond acceptors (Lipinski definition) is 6. The van der Waals surface area contributed by atoms with E-state index in [1.54, 1.807) is 51.2 Å². The average Bonchev–Trinajstić information content (AvgIpc) is 2.65. The summed E-state index contributed by atoms with van der Waals surface area (Å²) in [6.07, 6.45) is 3.92. The molecule has 1 rings (SSSR count). The van der Waals surface area contributed by atoms with Crippen molar-refractivity contribution in [1.82, 2.24) is 5.32 Å². The van der Waals surface area contributed by atoms with E-state index in [2.05, 4.69) is 10.3 Å². The van der Waals surface area contributed by atoms with Crippen molar-refractivity contribution in [3.05, 3.63) is 46.6 Å². The molecule has 0 saturated heterocycles. The number of carbonyl (C=O) groups is 1. The molecule has 7 heteroatoms. The van der Waals surface area contributed by atoms with Crippen molar-refractivity contribution in [3.63, 3.8) is 0 Å². The molecule has 2 N–H and O–H groups in total. The molecule has 1 aromatic carbocycles. The van der Waals surface area contributed by atoms with Gasteiger partial charge >= 0.3 is 5.97 Å². The van der Waals surface area contributed by atoms with Gasteiger partial charge in [0, 0.05) is 18.3 Å². The Balaban J connectivity index is 3.66. The highest BCUT2D eigenvalue weighted by Gasteiger charge is 2.18. The van der Waals surface area contributed by atoms with Crippen LogP contribution in [0.2, 0.25) is 0 Å². The molecule has 0 aliphatic rings. The van der Waals surface area contributed by atoms with E-state index < -0.39 is 5.97 Å². The van der Waals surface area contributed by atoms with E-state index in [4.69, 9.17) is 26.5 Å². The van der Waals surface area contributed by atoms with Crippen LogP contribution in [-0.2, 0) is 9.53 Å². The van der Waals surface area contributed by atoms with Gasteiger partial charge < -0.3 is 20.2 Å². The van der Waals surface area contributed by atoms with Gasteiger partial charge in [0.25, 0.3) is 0 Å². The lowest BCUT2D eigenvalue weighted by Gasteiger charge is -2.12. The van der Waals surface area contributed by atoms with Gasteiger partial charge in [-0.1, -0.05) is 30.7 Å². The zero-order valence-electron chi connectivity index (χ0n) is 16.4. The molecule has 0 radical (unpaired) electrons. The number of methoxy groups -OCH3 is 1. The number of benzene rings is 1. The third kappa shape index (κ3) is 6.25. The standard InChI is InChI=1S/C20H26ClN3O3/c1-6-9-15(20(25)27-7-2)17(12-18(21)23-4)24-16-11-8-10-14(13(3)22)19(16)26-5/h8-12,22-23H,6-7H2,1-5H3/b15-9-,18-12-,22-13?,24-17?. The molecule has 0 aliphatic carbocycles. The fourth-order valence-corrected chi connectivity index (χ4v) is 2.42. The molecule has 0 spiro atoms. The maximum atomic E-state index is 12.4. The molecule has 0 unspecified atom stereocenters. The number of nitrogens with zero attached hydrogens (tertiary/aromatic N) is 1. The van der Waals surface area contributed by atoms with Gasteiger partial charge in [-0.15, -0.1) is 0 Å². The largest absolute Gasteiger partial charge is 0.494 e. The van der Waals surface area contributed by atoms with Crippen LogP contribution in [0.4, 0.5) is 5.69 Å². The van der Waals surface area contributed by atoms with Crippen LogP contribution in [-0.4, -0.2) is 38.2 Å². The number of hydrogen-bond donors (Lipinski definition) is 2. The first-order chi connectivity index (χ1) is 12.9. The predicted octanol–water partition coefficient (Wildman–Crippen LogP) is 4.35. The lowest BCUT2D eigenvalue weighted by Crippen LogP contribution is -2.16. The molecule has 0 fully saturated rings. The zero-order chi connectivity index (χ0) is 20.4. The zero-order valence-corrected chi connectivity index (χ0v) is 17.1. The summed E-state index contributed by atoms with van der Waals surface area (Å²) in [5, 5.41) is 11.0. The second-order valence-electron chi connectivity index (χ2n) is 5.47. The highest BCUT2D eigenvalue weighted by Crippen LogP contribution is 2.32. The van der Waals surface area contributed by atoms with E-state index in [9.17, 15) is 4.79 Å². The Morgan fingerprint density at radius 1 is 1.37 bits per heavy atom. The Morgan fingerprint density at radius 3 is 2.59 bits per heavy atom. The number of esters is 1. The first-order valence-corrected chi connectivity index (χ1v) is 9.01. The van der Waals surface area contributed by atoms with Gasteiger partial charge in [0.05, 0.1) is 25.0 Å². The topological polar surface area (TPSA) is 83.8 Å². The van der Waals surface area contributed by atoms with Crippen molar-refractivity contribution in [2.24, 2.45) is 4.99 Å². The molecule has 0 bridgehead atoms. The molecule has 0 saturated carbocycles. The molecular weight excluding hydrogens is 366 g/mol. The maximum absolute atomic E-state index is 12.4. The van der Waals surface area contributed by atoms with Crippen LogP contribution >= 0.6 is 11.6 Å². The van der Waals surface area contributed by atoms with Crippen LogP contribution in [0, 0.1) is 5.41 Å². The first kappa shape index (κ1) is 22.4. The quantitative estimate of drug-likeness (QED) is 0.283. The molecule has 6 nitrogen and oxygen atoms in total. The summed E-state index contributed by atoms with van der Waals surface area (Å²) in [4.78, 5) is 17.0. The summed E-state index contributed by atoms with van der Waals surface area (Å²) in [7, 11) is 3.19. The van der Waals surface area contributed by atoms with Gasteiger partial charge in [0.1, 0.15) is 10.8 Å². The Morgan fingerprint density at radius 2 is 2.07 bits per heavy atom. The summed E-state index contributed by atoms with van der Waals surface area (Å²) in [5.41, 5.74) is 2.11. The lowest BCUT2D eigenvalue weighted by molar-refractivity contribution is -0.137. The summed E-state index contributed by atoms with van der Waals surface area (Å²) in [6, 6.07) is 5.31. The number of nitrogens with one attached hydrogen (secondary N) is 2. The predicted molar refractivity (Wildman–Crippen MR) is 111 cm³/mol. The van der Waals surface area contributed by atoms with Crippen LogP contribution in [0.3, 0.4) is 0 Å². The molecule has 0 aromatic heterocycles. The Kier molecular flexibility index (Phi) is 9.30. The molecule has 0 atom stereocenters. The molecule has 0 aliphatic heterocycles. The number of carbonyl (C=O) groups excluding carboxylic acids is 1. The van der Waals surface area contributed by atoms with E-state index in [-0.39, 0.29) is 6.61 Å². The van der Waals surface area contributed by atoms with E-state index >= 15 is 0 Å². The molecule has 146 valence electrons. The summed E-state index contributed by atoms with van der Waals surface area (Å²) >= 11 is 6.13. The van der Waals surface area contributed by atoms with Crippen molar-refractivity contribution in [1.29, 1.82) is 5.41 Å². The van der Waals surface area contributed by atoms with Crippen molar-refractivity contribution >= 4 is 34.7 Å². The Hall–Kier alpha value is -2.60. The average molecular weight is 392 g/mol. The SMILES string of the molecule is CC/C=C(\C(=O)OCC)C(/C=C(/Cl)NC)=Nc1cccc(C(C)=N)c1OC. The fraction of sp³-hybridized carbons (Fsp3) is 0.350. The number of aliphatic imine (C=N–C) groups is 1. The Labute approximate surface area is 165 Å². The number of halogens is 1. The normalized spacial score (nSPS) is 12.6. The first-order valence-electron chi connectivity index (χ1n) is 8.63. The third-order valence-corrected chi connectivity index (χ3v) is 3.82. The van der Waals surface area contributed by atoms with Crippen molar-refractivity contribution in [2.45, 2.75) is 27.2 Å². The van der Waals surface area contributed by atoms with E-state index in [0.29, 0.717) is 45.6 Å². The Bertz CT molecular complexity index is 783. The second kappa shape index (κ2) is 11.2. The van der Waals surface area contributed by atoms with Gasteiger partial charge in [0.2, 0.25) is 0 Å². The van der Waals surface area contributed by atoms with Crippen LogP contribution in [0.5, 0.6) is 5.75 Å². The van der Waals surface area contributed by atoms with Crippen molar-refractivity contribution in [3.8, 4) is 5.75 Å². The van der Waals surface area contributed by atoms with E-state index in [1.807, 2.05) is 6.92 Å². The maximum Gasteiger partial charge on any atom is 0.339 e. The van der Waals surface area contributed by atoms with Gasteiger partial charge in [0.15, 0.2) is 5.75 Å². The minimum atomic E-state index is -0.478. The van der Waals surface area contributed by atoms with Crippen LogP contribution in [0.15, 0.2) is 46.1 Å². The van der Waals surface area contributed by atoms with Crippen LogP contribution in [0.1, 0.15) is 32.8 Å². The fourth-order valence-electron chi connectivity index (χ4n) is 2.32. The monoisotopic (exact) mass is 391 g/mol. The lowest BCUT2D eigenvalue weighted by atomic mass is 10.1. The van der Waals surface area contributed by atoms with Crippen LogP contribution < -0.4 is 10.1 Å². The highest BCUT2D eigenvalue weighted by molar-refractivity contribution is 6.34. The van der Waals surface area contributed by atoms with E-state index in [0.717, 1.165) is 0 Å². The van der Waals surface area contributed by atoms with Crippen molar-refractivity contribution < 1.29 is 14.3 Å². The number of ether oxygens (including phenoxy) is 2. The molecule has 0 heterocycles. The van der Waals surface area contributed by atoms with Gasteiger partial charge in [-0.05, 0) is 38.5 Å². The number of para-hydroxylation sites is 1. The molecular formula is C20H26ClN3O3. The smallest absolute Gasteiger partial charge is 0.339 e.